The minimum atomic E-state index is 0. The number of nitrogens with one attached hydrogen (secondary N) is 2. The van der Waals surface area contributed by atoms with Gasteiger partial charge in [-0.2, -0.15) is 0 Å². The Balaban J connectivity index is 0.00000312. The van der Waals surface area contributed by atoms with E-state index in [1.54, 1.807) is 12.7 Å². The monoisotopic (exact) mass is 466 g/mol. The predicted molar refractivity (Wildman–Crippen MR) is 108 cm³/mol. The van der Waals surface area contributed by atoms with Crippen LogP contribution in [0.15, 0.2) is 17.6 Å². The topological polar surface area (TPSA) is 85.6 Å². The van der Waals surface area contributed by atoms with Crippen molar-refractivity contribution in [2.75, 3.05) is 39.5 Å². The number of rotatable bonds is 11. The third-order valence-corrected chi connectivity index (χ3v) is 3.76. The molecule has 1 aromatic heterocycles. The highest BCUT2D eigenvalue weighted by atomic mass is 127. The molecule has 9 heteroatoms. The van der Waals surface area contributed by atoms with Crippen LogP contribution in [0.1, 0.15) is 32.6 Å². The minimum Gasteiger partial charge on any atom is -0.379 e. The van der Waals surface area contributed by atoms with Gasteiger partial charge in [0.1, 0.15) is 12.7 Å². The first-order valence-corrected chi connectivity index (χ1v) is 8.92. The zero-order valence-corrected chi connectivity index (χ0v) is 17.4. The van der Waals surface area contributed by atoms with Crippen LogP contribution in [0, 0.1) is 0 Å². The summed E-state index contributed by atoms with van der Waals surface area (Å²) >= 11 is 0. The van der Waals surface area contributed by atoms with Crippen molar-refractivity contribution in [3.8, 4) is 0 Å². The molecule has 0 radical (unpaired) electrons. The Morgan fingerprint density at radius 2 is 2.12 bits per heavy atom. The number of aliphatic imine (C=N–C) groups is 1. The summed E-state index contributed by atoms with van der Waals surface area (Å²) in [6.45, 7) is 7.88. The van der Waals surface area contributed by atoms with Gasteiger partial charge in [0.25, 0.3) is 0 Å². The van der Waals surface area contributed by atoms with Crippen LogP contribution in [0.4, 0.5) is 0 Å². The molecule has 2 rings (SSSR count). The maximum absolute atomic E-state index is 5.75. The maximum Gasteiger partial charge on any atom is 0.191 e. The van der Waals surface area contributed by atoms with Gasteiger partial charge in [0.05, 0.1) is 12.7 Å². The van der Waals surface area contributed by atoms with E-state index in [1.165, 1.54) is 0 Å². The fraction of sp³-hybridized carbons (Fsp3) is 0.812. The molecule has 1 atom stereocenters. The van der Waals surface area contributed by atoms with Gasteiger partial charge in [-0.05, 0) is 32.6 Å². The zero-order valence-electron chi connectivity index (χ0n) is 15.0. The van der Waals surface area contributed by atoms with Gasteiger partial charge in [-0.3, -0.25) is 4.99 Å². The molecule has 0 bridgehead atoms. The van der Waals surface area contributed by atoms with Crippen LogP contribution in [0.2, 0.25) is 0 Å². The van der Waals surface area contributed by atoms with Crippen molar-refractivity contribution in [2.24, 2.45) is 4.99 Å². The first-order valence-electron chi connectivity index (χ1n) is 8.92. The molecule has 0 saturated carbocycles. The van der Waals surface area contributed by atoms with Crippen molar-refractivity contribution in [3.05, 3.63) is 12.7 Å². The Hall–Kier alpha value is -0.940. The second kappa shape index (κ2) is 14.3. The van der Waals surface area contributed by atoms with Crippen molar-refractivity contribution >= 4 is 29.9 Å². The number of aromatic nitrogens is 3. The lowest BCUT2D eigenvalue weighted by molar-refractivity contribution is 0.0424. The number of ether oxygens (including phenoxy) is 2. The average molecular weight is 466 g/mol. The van der Waals surface area contributed by atoms with Crippen LogP contribution in [0.5, 0.6) is 0 Å². The summed E-state index contributed by atoms with van der Waals surface area (Å²) in [5.41, 5.74) is 0. The molecule has 0 aromatic carbocycles. The van der Waals surface area contributed by atoms with Crippen molar-refractivity contribution < 1.29 is 9.47 Å². The summed E-state index contributed by atoms with van der Waals surface area (Å²) in [6.07, 6.45) is 7.89. The molecule has 1 unspecified atom stereocenters. The summed E-state index contributed by atoms with van der Waals surface area (Å²) in [4.78, 5) is 4.58. The van der Waals surface area contributed by atoms with Crippen LogP contribution in [0.25, 0.3) is 0 Å². The second-order valence-corrected chi connectivity index (χ2v) is 5.80. The lowest BCUT2D eigenvalue weighted by Crippen LogP contribution is -2.38. The van der Waals surface area contributed by atoms with E-state index in [0.29, 0.717) is 0 Å². The maximum atomic E-state index is 5.75. The van der Waals surface area contributed by atoms with Gasteiger partial charge in [0.15, 0.2) is 5.96 Å². The van der Waals surface area contributed by atoms with Gasteiger partial charge in [0, 0.05) is 39.4 Å². The molecule has 1 aliphatic rings. The van der Waals surface area contributed by atoms with E-state index in [-0.39, 0.29) is 30.1 Å². The van der Waals surface area contributed by atoms with Crippen LogP contribution in [0.3, 0.4) is 0 Å². The van der Waals surface area contributed by atoms with E-state index in [1.807, 2.05) is 4.57 Å². The number of hydrogen-bond acceptors (Lipinski definition) is 5. The van der Waals surface area contributed by atoms with Crippen LogP contribution in [-0.4, -0.2) is 66.3 Å². The highest BCUT2D eigenvalue weighted by Crippen LogP contribution is 2.08. The lowest BCUT2D eigenvalue weighted by Gasteiger charge is -2.12. The van der Waals surface area contributed by atoms with Gasteiger partial charge >= 0.3 is 0 Å². The highest BCUT2D eigenvalue weighted by molar-refractivity contribution is 14.0. The Morgan fingerprint density at radius 1 is 1.28 bits per heavy atom. The summed E-state index contributed by atoms with van der Waals surface area (Å²) in [7, 11) is 0. The largest absolute Gasteiger partial charge is 0.379 e. The molecular weight excluding hydrogens is 435 g/mol. The van der Waals surface area contributed by atoms with Gasteiger partial charge in [0.2, 0.25) is 0 Å². The van der Waals surface area contributed by atoms with Crippen molar-refractivity contribution in [1.82, 2.24) is 25.4 Å². The molecule has 2 N–H and O–H groups in total. The van der Waals surface area contributed by atoms with Gasteiger partial charge < -0.3 is 24.7 Å². The van der Waals surface area contributed by atoms with Crippen LogP contribution < -0.4 is 10.6 Å². The molecule has 144 valence electrons. The Bertz CT molecular complexity index is 451. The smallest absolute Gasteiger partial charge is 0.191 e. The molecule has 1 saturated heterocycles. The molecule has 1 aliphatic heterocycles. The van der Waals surface area contributed by atoms with Crippen LogP contribution in [-0.2, 0) is 16.0 Å². The molecule has 1 aromatic rings. The van der Waals surface area contributed by atoms with Crippen LogP contribution >= 0.6 is 24.0 Å². The molecule has 25 heavy (non-hydrogen) atoms. The number of nitrogens with zero attached hydrogens (tertiary/aromatic N) is 4. The van der Waals surface area contributed by atoms with Gasteiger partial charge in [-0.25, -0.2) is 0 Å². The normalized spacial score (nSPS) is 17.3. The first kappa shape index (κ1) is 22.1. The van der Waals surface area contributed by atoms with E-state index in [0.717, 1.165) is 77.6 Å². The molecule has 0 spiro atoms. The lowest BCUT2D eigenvalue weighted by atomic mass is 10.3. The fourth-order valence-corrected chi connectivity index (χ4v) is 2.46. The third-order valence-electron chi connectivity index (χ3n) is 3.76. The van der Waals surface area contributed by atoms with E-state index in [9.17, 15) is 0 Å². The molecule has 1 fully saturated rings. The Labute approximate surface area is 167 Å². The predicted octanol–water partition coefficient (Wildman–Crippen LogP) is 1.43. The third kappa shape index (κ3) is 9.95. The van der Waals surface area contributed by atoms with Gasteiger partial charge in [-0.1, -0.05) is 0 Å². The first-order chi connectivity index (χ1) is 11.9. The summed E-state index contributed by atoms with van der Waals surface area (Å²) in [5, 5.41) is 14.2. The van der Waals surface area contributed by atoms with Crippen molar-refractivity contribution in [1.29, 1.82) is 0 Å². The zero-order chi connectivity index (χ0) is 16.9. The molecule has 0 amide bonds. The van der Waals surface area contributed by atoms with Crippen molar-refractivity contribution in [3.63, 3.8) is 0 Å². The minimum absolute atomic E-state index is 0. The molecule has 8 nitrogen and oxygen atoms in total. The highest BCUT2D eigenvalue weighted by Gasteiger charge is 2.15. The summed E-state index contributed by atoms with van der Waals surface area (Å²) in [6, 6.07) is 0. The number of halogens is 1. The summed E-state index contributed by atoms with van der Waals surface area (Å²) in [5.74, 6) is 0.881. The molecular formula is C16H31IN6O2. The van der Waals surface area contributed by atoms with E-state index in [4.69, 9.17) is 9.47 Å². The Morgan fingerprint density at radius 3 is 2.84 bits per heavy atom. The number of guanidine groups is 1. The Kier molecular flexibility index (Phi) is 12.6. The SMILES string of the molecule is CCNC(=NCCCOC1CCOC1)NCCCCn1cnnc1.I. The number of hydrogen-bond donors (Lipinski definition) is 2. The molecule has 0 aliphatic carbocycles. The molecule has 2 heterocycles. The van der Waals surface area contributed by atoms with E-state index < -0.39 is 0 Å². The van der Waals surface area contributed by atoms with E-state index in [2.05, 4.69) is 32.7 Å². The average Bonchev–Trinajstić information content (AvgIpc) is 3.27. The van der Waals surface area contributed by atoms with E-state index >= 15 is 0 Å². The fourth-order valence-electron chi connectivity index (χ4n) is 2.46. The summed E-state index contributed by atoms with van der Waals surface area (Å²) < 4.78 is 13.0. The standard InChI is InChI=1S/C16H30N6O2.HI/c1-2-17-16(18-7-3-4-9-22-13-20-21-14-22)19-8-5-10-24-15-6-11-23-12-15;/h13-15H,2-12H2,1H3,(H2,17,18,19);1H. The second-order valence-electron chi connectivity index (χ2n) is 5.80. The van der Waals surface area contributed by atoms with Gasteiger partial charge in [-0.15, -0.1) is 34.2 Å². The van der Waals surface area contributed by atoms with Crippen molar-refractivity contribution in [2.45, 2.75) is 45.3 Å². The number of unbranched alkanes of at least 4 members (excludes halogenated alkanes) is 1. The quantitative estimate of drug-likeness (QED) is 0.222. The number of aryl methyl sites for hydroxylation is 1.